The Labute approximate surface area is 274 Å². The molecule has 0 amide bonds. The number of carbonyl (C=O) groups excluding carboxylic acids is 2. The monoisotopic (exact) mass is 676 g/mol. The van der Waals surface area contributed by atoms with Gasteiger partial charge in [0.1, 0.15) is 24.4 Å². The van der Waals surface area contributed by atoms with Crippen LogP contribution in [0.4, 0.5) is 0 Å². The first kappa shape index (κ1) is 39.2. The van der Waals surface area contributed by atoms with E-state index < -0.39 is 73.0 Å². The number of carboxylic acids is 1. The van der Waals surface area contributed by atoms with Crippen LogP contribution in [0.15, 0.2) is 11.6 Å². The van der Waals surface area contributed by atoms with E-state index in [0.29, 0.717) is 31.3 Å². The Morgan fingerprint density at radius 1 is 0.851 bits per heavy atom. The van der Waals surface area contributed by atoms with E-state index in [4.69, 9.17) is 28.8 Å². The Morgan fingerprint density at radius 2 is 1.51 bits per heavy atom. The summed E-state index contributed by atoms with van der Waals surface area (Å²) in [7, 11) is 0. The van der Waals surface area contributed by atoms with Gasteiger partial charge < -0.3 is 59.4 Å². The van der Waals surface area contributed by atoms with Crippen molar-refractivity contribution in [2.45, 2.75) is 146 Å². The van der Waals surface area contributed by atoms with Gasteiger partial charge in [-0.05, 0) is 39.5 Å². The molecule has 0 aliphatic carbocycles. The molecule has 47 heavy (non-hydrogen) atoms. The molecule has 0 radical (unpaired) electrons. The fourth-order valence-corrected chi connectivity index (χ4v) is 5.92. The highest BCUT2D eigenvalue weighted by Gasteiger charge is 2.49. The first-order valence-corrected chi connectivity index (χ1v) is 16.5. The van der Waals surface area contributed by atoms with Crippen LogP contribution in [0, 0.1) is 11.8 Å². The summed E-state index contributed by atoms with van der Waals surface area (Å²) in [4.78, 5) is 35.4. The van der Waals surface area contributed by atoms with Crippen molar-refractivity contribution in [1.82, 2.24) is 0 Å². The molecule has 3 saturated heterocycles. The topological polar surface area (TPSA) is 242 Å². The summed E-state index contributed by atoms with van der Waals surface area (Å²) in [5.74, 6) is -3.10. The van der Waals surface area contributed by atoms with Gasteiger partial charge in [0.15, 0.2) is 6.10 Å². The van der Waals surface area contributed by atoms with Crippen molar-refractivity contribution in [3.05, 3.63) is 11.6 Å². The molecule has 3 rings (SSSR count). The Hall–Kier alpha value is -2.21. The molecule has 0 bridgehead atoms. The number of carbonyl (C=O) groups is 3. The predicted molar refractivity (Wildman–Crippen MR) is 161 cm³/mol. The van der Waals surface area contributed by atoms with E-state index in [9.17, 15) is 45.0 Å². The van der Waals surface area contributed by atoms with E-state index in [1.807, 2.05) is 6.92 Å². The van der Waals surface area contributed by atoms with Crippen molar-refractivity contribution >= 4 is 17.9 Å². The van der Waals surface area contributed by atoms with E-state index in [0.717, 1.165) is 19.3 Å². The highest BCUT2D eigenvalue weighted by atomic mass is 16.7. The molecule has 0 aromatic carbocycles. The van der Waals surface area contributed by atoms with Crippen molar-refractivity contribution in [3.63, 3.8) is 0 Å². The Balaban J connectivity index is 1.22. The molecule has 0 saturated carbocycles. The molecule has 13 atom stereocenters. The summed E-state index contributed by atoms with van der Waals surface area (Å²) in [6, 6.07) is 0. The Bertz CT molecular complexity index is 1050. The molecule has 7 N–H and O–H groups in total. The van der Waals surface area contributed by atoms with E-state index in [2.05, 4.69) is 0 Å². The van der Waals surface area contributed by atoms with Crippen molar-refractivity contribution in [1.29, 1.82) is 0 Å². The first-order valence-electron chi connectivity index (χ1n) is 16.5. The van der Waals surface area contributed by atoms with E-state index >= 15 is 0 Å². The largest absolute Gasteiger partial charge is 0.479 e. The lowest BCUT2D eigenvalue weighted by Crippen LogP contribution is -2.60. The Kier molecular flexibility index (Phi) is 15.5. The van der Waals surface area contributed by atoms with Gasteiger partial charge in [-0.25, -0.2) is 9.59 Å². The van der Waals surface area contributed by atoms with Gasteiger partial charge in [-0.1, -0.05) is 38.2 Å². The minimum atomic E-state index is -1.86. The second-order valence-corrected chi connectivity index (χ2v) is 13.0. The summed E-state index contributed by atoms with van der Waals surface area (Å²) in [5, 5.41) is 69.5. The zero-order valence-electron chi connectivity index (χ0n) is 27.3. The fraction of sp³-hybridized carbons (Fsp3) is 0.844. The summed E-state index contributed by atoms with van der Waals surface area (Å²) < 4.78 is 26.7. The second-order valence-electron chi connectivity index (χ2n) is 13.0. The third-order valence-electron chi connectivity index (χ3n) is 9.14. The molecule has 270 valence electrons. The number of esters is 2. The predicted octanol–water partition coefficient (Wildman–Crippen LogP) is -0.0567. The molecule has 0 spiro atoms. The second kappa shape index (κ2) is 18.5. The Morgan fingerprint density at radius 3 is 2.17 bits per heavy atom. The van der Waals surface area contributed by atoms with Gasteiger partial charge in [0.2, 0.25) is 6.29 Å². The van der Waals surface area contributed by atoms with Crippen molar-refractivity contribution in [3.8, 4) is 0 Å². The van der Waals surface area contributed by atoms with Gasteiger partial charge in [-0.2, -0.15) is 0 Å². The van der Waals surface area contributed by atoms with Crippen molar-refractivity contribution in [2.24, 2.45) is 11.8 Å². The van der Waals surface area contributed by atoms with Gasteiger partial charge in [-0.3, -0.25) is 4.79 Å². The lowest BCUT2D eigenvalue weighted by Gasteiger charge is -2.38. The normalized spacial score (nSPS) is 35.5. The summed E-state index contributed by atoms with van der Waals surface area (Å²) in [6.45, 7) is 5.85. The minimum Gasteiger partial charge on any atom is -0.479 e. The molecule has 0 aromatic heterocycles. The highest BCUT2D eigenvalue weighted by molar-refractivity contribution is 5.82. The number of epoxide rings is 1. The summed E-state index contributed by atoms with van der Waals surface area (Å²) in [6.07, 6.45) is -6.01. The van der Waals surface area contributed by atoms with Crippen LogP contribution in [0.1, 0.15) is 78.6 Å². The van der Waals surface area contributed by atoms with Crippen LogP contribution in [0.5, 0.6) is 0 Å². The zero-order chi connectivity index (χ0) is 34.8. The molecular weight excluding hydrogens is 624 g/mol. The number of aliphatic hydroxyl groups is 6. The number of rotatable bonds is 18. The molecular formula is C32H52O15. The first-order chi connectivity index (χ1) is 22.2. The average molecular weight is 677 g/mol. The molecule has 5 unspecified atom stereocenters. The maximum absolute atomic E-state index is 12.2. The number of unbranched alkanes of at least 4 members (excludes halogenated alkanes) is 5. The van der Waals surface area contributed by atoms with Crippen molar-refractivity contribution < 1.29 is 73.8 Å². The number of aliphatic hydroxyl groups excluding tert-OH is 6. The van der Waals surface area contributed by atoms with Gasteiger partial charge in [-0.15, -0.1) is 0 Å². The van der Waals surface area contributed by atoms with Gasteiger partial charge in [0.05, 0.1) is 43.7 Å². The highest BCUT2D eigenvalue weighted by Crippen LogP contribution is 2.38. The maximum Gasteiger partial charge on any atom is 0.335 e. The third-order valence-corrected chi connectivity index (χ3v) is 9.14. The number of carboxylic acid groups (broad SMARTS) is 1. The lowest BCUT2D eigenvalue weighted by molar-refractivity contribution is -0.286. The van der Waals surface area contributed by atoms with Crippen LogP contribution in [0.2, 0.25) is 0 Å². The summed E-state index contributed by atoms with van der Waals surface area (Å²) >= 11 is 0. The van der Waals surface area contributed by atoms with Gasteiger partial charge >= 0.3 is 17.9 Å². The lowest BCUT2D eigenvalue weighted by atomic mass is 9.85. The SMILES string of the molecule is C/C(=C\C(=O)OCCCCCCCCC(=O)OC1OC(C(=O)O)C(O)C(O)C1O)C[C@@H]1OC[C@H](C[C@@H]2O[C@H]2[C@@H](C)[C@H](C)O)[C@@H](O)[C@H]1O. The van der Waals surface area contributed by atoms with Crippen LogP contribution in [-0.4, -0.2) is 134 Å². The smallest absolute Gasteiger partial charge is 0.335 e. The molecule has 15 nitrogen and oxygen atoms in total. The molecule has 0 aromatic rings. The van der Waals surface area contributed by atoms with E-state index in [1.54, 1.807) is 13.8 Å². The van der Waals surface area contributed by atoms with E-state index in [-0.39, 0.29) is 50.1 Å². The molecule has 3 heterocycles. The zero-order valence-corrected chi connectivity index (χ0v) is 27.3. The van der Waals surface area contributed by atoms with Crippen LogP contribution in [0.25, 0.3) is 0 Å². The fourth-order valence-electron chi connectivity index (χ4n) is 5.92. The van der Waals surface area contributed by atoms with Crippen LogP contribution in [0.3, 0.4) is 0 Å². The molecule has 3 aliphatic rings. The number of hydrogen-bond donors (Lipinski definition) is 7. The van der Waals surface area contributed by atoms with E-state index in [1.165, 1.54) is 6.08 Å². The van der Waals surface area contributed by atoms with Crippen LogP contribution >= 0.6 is 0 Å². The van der Waals surface area contributed by atoms with Crippen LogP contribution in [-0.2, 0) is 38.1 Å². The molecule has 3 fully saturated rings. The van der Waals surface area contributed by atoms with Crippen LogP contribution < -0.4 is 0 Å². The summed E-state index contributed by atoms with van der Waals surface area (Å²) in [5.41, 5.74) is 0.652. The third kappa shape index (κ3) is 11.7. The van der Waals surface area contributed by atoms with Crippen molar-refractivity contribution in [2.75, 3.05) is 13.2 Å². The molecule has 15 heteroatoms. The number of ether oxygens (including phenoxy) is 5. The average Bonchev–Trinajstić information content (AvgIpc) is 3.78. The number of aliphatic carboxylic acids is 1. The molecule has 3 aliphatic heterocycles. The quantitative estimate of drug-likeness (QED) is 0.0435. The van der Waals surface area contributed by atoms with Gasteiger partial charge in [0.25, 0.3) is 0 Å². The minimum absolute atomic E-state index is 0.00522. The van der Waals surface area contributed by atoms with Gasteiger partial charge in [0, 0.05) is 24.3 Å². The number of hydrogen-bond acceptors (Lipinski definition) is 14. The maximum atomic E-state index is 12.2. The standard InChI is InChI=1S/C32H52O15/c1-16(12-20-25(37)24(36)19(15-44-20)14-21-29(45-21)17(2)18(3)33)13-23(35)43-11-9-7-5-4-6-8-10-22(34)46-32-28(40)26(38)27(39)30(47-32)31(41)42/h13,17-21,24-30,32-33,36-40H,4-12,14-15H2,1-3H3,(H,41,42)/b16-13+/t17-,18-,19-,20-,21-,24+,25-,26?,27?,28?,29-,30?,32?/m0/s1.